The molecular formula is C17H16O4. The van der Waals surface area contributed by atoms with Crippen LogP contribution in [0.1, 0.15) is 28.4 Å². The lowest BCUT2D eigenvalue weighted by atomic mass is 10.1. The Morgan fingerprint density at radius 3 is 2.24 bits per heavy atom. The molecule has 0 N–H and O–H groups in total. The van der Waals surface area contributed by atoms with Gasteiger partial charge in [-0.1, -0.05) is 24.3 Å². The molecule has 108 valence electrons. The number of benzene rings is 2. The highest BCUT2D eigenvalue weighted by Gasteiger charge is 2.16. The second-order valence-corrected chi connectivity index (χ2v) is 4.68. The van der Waals surface area contributed by atoms with Crippen LogP contribution in [0.3, 0.4) is 0 Å². The van der Waals surface area contributed by atoms with Crippen LogP contribution in [-0.4, -0.2) is 11.9 Å². The van der Waals surface area contributed by atoms with E-state index in [1.165, 1.54) is 6.92 Å². The van der Waals surface area contributed by atoms with Gasteiger partial charge in [0.1, 0.15) is 17.1 Å². The molecule has 0 radical (unpaired) electrons. The molecule has 4 heteroatoms. The molecule has 0 spiro atoms. The second kappa shape index (κ2) is 6.22. The first-order valence-electron chi connectivity index (χ1n) is 6.55. The molecule has 0 aliphatic carbocycles. The van der Waals surface area contributed by atoms with E-state index in [9.17, 15) is 9.59 Å². The minimum absolute atomic E-state index is 0.195. The van der Waals surface area contributed by atoms with Gasteiger partial charge in [0.25, 0.3) is 0 Å². The maximum Gasteiger partial charge on any atom is 0.347 e. The van der Waals surface area contributed by atoms with Gasteiger partial charge in [-0.25, -0.2) is 4.79 Å². The van der Waals surface area contributed by atoms with Gasteiger partial charge in [-0.15, -0.1) is 0 Å². The number of para-hydroxylation sites is 1. The molecule has 4 nitrogen and oxygen atoms in total. The van der Waals surface area contributed by atoms with E-state index < -0.39 is 11.9 Å². The van der Waals surface area contributed by atoms with E-state index in [-0.39, 0.29) is 11.3 Å². The summed E-state index contributed by atoms with van der Waals surface area (Å²) in [4.78, 5) is 23.3. The fourth-order valence-corrected chi connectivity index (χ4v) is 1.87. The van der Waals surface area contributed by atoms with E-state index in [0.29, 0.717) is 5.75 Å². The van der Waals surface area contributed by atoms with Crippen molar-refractivity contribution >= 4 is 11.9 Å². The normalized spacial score (nSPS) is 10.0. The van der Waals surface area contributed by atoms with Crippen LogP contribution in [-0.2, 0) is 4.79 Å². The summed E-state index contributed by atoms with van der Waals surface area (Å²) in [7, 11) is 0. The largest absolute Gasteiger partial charge is 0.426 e. The summed E-state index contributed by atoms with van der Waals surface area (Å²) < 4.78 is 10.4. The average molecular weight is 284 g/mol. The molecule has 2 aromatic rings. The monoisotopic (exact) mass is 284 g/mol. The zero-order valence-electron chi connectivity index (χ0n) is 12.2. The molecule has 0 amide bonds. The fraction of sp³-hybridized carbons (Fsp3) is 0.176. The van der Waals surface area contributed by atoms with Crippen molar-refractivity contribution in [1.29, 1.82) is 0 Å². The van der Waals surface area contributed by atoms with Gasteiger partial charge in [-0.05, 0) is 43.2 Å². The van der Waals surface area contributed by atoms with Crippen molar-refractivity contribution in [2.75, 3.05) is 0 Å². The Kier molecular flexibility index (Phi) is 4.38. The first kappa shape index (κ1) is 14.8. The topological polar surface area (TPSA) is 52.6 Å². The van der Waals surface area contributed by atoms with E-state index >= 15 is 0 Å². The molecule has 0 unspecified atom stereocenters. The summed E-state index contributed by atoms with van der Waals surface area (Å²) in [5.74, 6) is -0.347. The van der Waals surface area contributed by atoms with Gasteiger partial charge >= 0.3 is 11.9 Å². The van der Waals surface area contributed by atoms with E-state index in [4.69, 9.17) is 9.47 Å². The van der Waals surface area contributed by atoms with E-state index in [2.05, 4.69) is 0 Å². The predicted molar refractivity (Wildman–Crippen MR) is 78.6 cm³/mol. The fourth-order valence-electron chi connectivity index (χ4n) is 1.87. The summed E-state index contributed by atoms with van der Waals surface area (Å²) >= 11 is 0. The van der Waals surface area contributed by atoms with Gasteiger partial charge in [0, 0.05) is 6.92 Å². The Balaban J connectivity index is 2.29. The van der Waals surface area contributed by atoms with Crippen molar-refractivity contribution < 1.29 is 19.1 Å². The molecule has 2 rings (SSSR count). The minimum atomic E-state index is -0.555. The van der Waals surface area contributed by atoms with Gasteiger partial charge < -0.3 is 9.47 Å². The third-order valence-corrected chi connectivity index (χ3v) is 3.12. The summed E-state index contributed by atoms with van der Waals surface area (Å²) in [6.45, 7) is 5.11. The number of ether oxygens (including phenoxy) is 2. The number of hydrogen-bond donors (Lipinski definition) is 0. The van der Waals surface area contributed by atoms with Crippen molar-refractivity contribution in [1.82, 2.24) is 0 Å². The first-order valence-corrected chi connectivity index (χ1v) is 6.55. The van der Waals surface area contributed by atoms with Crippen molar-refractivity contribution in [3.8, 4) is 11.5 Å². The van der Waals surface area contributed by atoms with Crippen LogP contribution in [0.15, 0.2) is 42.5 Å². The van der Waals surface area contributed by atoms with Crippen LogP contribution in [0.2, 0.25) is 0 Å². The van der Waals surface area contributed by atoms with Crippen molar-refractivity contribution in [3.63, 3.8) is 0 Å². The molecule has 0 bridgehead atoms. The van der Waals surface area contributed by atoms with Gasteiger partial charge in [0.2, 0.25) is 0 Å². The van der Waals surface area contributed by atoms with Gasteiger partial charge in [0.05, 0.1) is 0 Å². The lowest BCUT2D eigenvalue weighted by Crippen LogP contribution is -2.13. The maximum atomic E-state index is 12.3. The third kappa shape index (κ3) is 3.48. The lowest BCUT2D eigenvalue weighted by molar-refractivity contribution is -0.131. The Labute approximate surface area is 123 Å². The lowest BCUT2D eigenvalue weighted by Gasteiger charge is -2.11. The molecule has 0 aromatic heterocycles. The molecule has 0 saturated carbocycles. The molecule has 2 aromatic carbocycles. The second-order valence-electron chi connectivity index (χ2n) is 4.68. The first-order chi connectivity index (χ1) is 9.99. The van der Waals surface area contributed by atoms with Gasteiger partial charge in [0.15, 0.2) is 0 Å². The van der Waals surface area contributed by atoms with Crippen LogP contribution >= 0.6 is 0 Å². The standard InChI is InChI=1S/C17H16O4/c1-11-7-6-10-15(12(11)2)21-17(19)14-8-4-5-9-16(14)20-13(3)18/h4-10H,1-3H3. The molecule has 0 aliphatic rings. The third-order valence-electron chi connectivity index (χ3n) is 3.12. The van der Waals surface area contributed by atoms with E-state index in [0.717, 1.165) is 11.1 Å². The molecular weight excluding hydrogens is 268 g/mol. The zero-order valence-corrected chi connectivity index (χ0v) is 12.2. The average Bonchev–Trinajstić information content (AvgIpc) is 2.44. The van der Waals surface area contributed by atoms with Crippen LogP contribution in [0.25, 0.3) is 0 Å². The summed E-state index contributed by atoms with van der Waals surface area (Å²) in [5.41, 5.74) is 2.15. The molecule has 0 fully saturated rings. The predicted octanol–water partition coefficient (Wildman–Crippen LogP) is 3.45. The van der Waals surface area contributed by atoms with Crippen LogP contribution in [0.4, 0.5) is 0 Å². The zero-order chi connectivity index (χ0) is 15.4. The number of hydrogen-bond acceptors (Lipinski definition) is 4. The van der Waals surface area contributed by atoms with Gasteiger partial charge in [-0.3, -0.25) is 4.79 Å². The Hall–Kier alpha value is -2.62. The molecule has 0 atom stereocenters. The molecule has 21 heavy (non-hydrogen) atoms. The summed E-state index contributed by atoms with van der Waals surface area (Å²) in [6.07, 6.45) is 0. The Morgan fingerprint density at radius 2 is 1.52 bits per heavy atom. The quantitative estimate of drug-likeness (QED) is 0.640. The Morgan fingerprint density at radius 1 is 0.857 bits per heavy atom. The molecule has 0 heterocycles. The minimum Gasteiger partial charge on any atom is -0.426 e. The number of carbonyl (C=O) groups excluding carboxylic acids is 2. The number of rotatable bonds is 3. The van der Waals surface area contributed by atoms with Crippen molar-refractivity contribution in [2.45, 2.75) is 20.8 Å². The SMILES string of the molecule is CC(=O)Oc1ccccc1C(=O)Oc1cccc(C)c1C. The number of esters is 2. The highest BCUT2D eigenvalue weighted by molar-refractivity contribution is 5.94. The van der Waals surface area contributed by atoms with Gasteiger partial charge in [-0.2, -0.15) is 0 Å². The maximum absolute atomic E-state index is 12.3. The summed E-state index contributed by atoms with van der Waals surface area (Å²) in [5, 5.41) is 0. The highest BCUT2D eigenvalue weighted by Crippen LogP contribution is 2.24. The number of carbonyl (C=O) groups is 2. The summed E-state index contributed by atoms with van der Waals surface area (Å²) in [6, 6.07) is 12.0. The van der Waals surface area contributed by atoms with Crippen molar-refractivity contribution in [3.05, 3.63) is 59.2 Å². The molecule has 0 aliphatic heterocycles. The van der Waals surface area contributed by atoms with E-state index in [1.54, 1.807) is 30.3 Å². The molecule has 0 saturated heterocycles. The van der Waals surface area contributed by atoms with Crippen LogP contribution in [0, 0.1) is 13.8 Å². The Bertz CT molecular complexity index is 689. The van der Waals surface area contributed by atoms with Crippen LogP contribution in [0.5, 0.6) is 11.5 Å². The number of aryl methyl sites for hydroxylation is 1. The van der Waals surface area contributed by atoms with E-state index in [1.807, 2.05) is 26.0 Å². The van der Waals surface area contributed by atoms with Crippen molar-refractivity contribution in [2.24, 2.45) is 0 Å². The smallest absolute Gasteiger partial charge is 0.347 e. The van der Waals surface area contributed by atoms with Crippen LogP contribution < -0.4 is 9.47 Å². The highest BCUT2D eigenvalue weighted by atomic mass is 16.5.